The molecule has 1 aliphatic rings. The summed E-state index contributed by atoms with van der Waals surface area (Å²) in [5.74, 6) is 1.27. The van der Waals surface area contributed by atoms with Crippen LogP contribution in [0, 0.1) is 11.8 Å². The van der Waals surface area contributed by atoms with Crippen LogP contribution >= 0.6 is 0 Å². The Hall–Kier alpha value is -0.410. The highest BCUT2D eigenvalue weighted by atomic mass is 16.1. The van der Waals surface area contributed by atoms with E-state index in [-0.39, 0.29) is 5.92 Å². The summed E-state index contributed by atoms with van der Waals surface area (Å²) < 4.78 is 0. The number of ketones is 1. The molecule has 1 saturated heterocycles. The van der Waals surface area contributed by atoms with Crippen LogP contribution in [0.3, 0.4) is 0 Å². The van der Waals surface area contributed by atoms with E-state index in [4.69, 9.17) is 0 Å². The van der Waals surface area contributed by atoms with Crippen molar-refractivity contribution < 1.29 is 4.79 Å². The van der Waals surface area contributed by atoms with Gasteiger partial charge in [0.2, 0.25) is 0 Å². The fourth-order valence-electron chi connectivity index (χ4n) is 2.13. The number of carbonyl (C=O) groups excluding carboxylic acids is 1. The Morgan fingerprint density at radius 1 is 1.53 bits per heavy atom. The van der Waals surface area contributed by atoms with Crippen molar-refractivity contribution in [2.45, 2.75) is 20.3 Å². The van der Waals surface area contributed by atoms with Crippen molar-refractivity contribution in [3.05, 3.63) is 0 Å². The van der Waals surface area contributed by atoms with Gasteiger partial charge in [-0.2, -0.15) is 0 Å². The second-order valence-electron chi connectivity index (χ2n) is 5.23. The molecule has 0 radical (unpaired) electrons. The van der Waals surface area contributed by atoms with Gasteiger partial charge in [-0.1, -0.05) is 13.8 Å². The molecule has 0 aliphatic carbocycles. The summed E-state index contributed by atoms with van der Waals surface area (Å²) in [7, 11) is 4.22. The van der Waals surface area contributed by atoms with Crippen LogP contribution < -0.4 is 0 Å². The van der Waals surface area contributed by atoms with E-state index in [1.165, 1.54) is 19.5 Å². The molecule has 1 unspecified atom stereocenters. The fraction of sp³-hybridized carbons (Fsp3) is 0.917. The van der Waals surface area contributed by atoms with Crippen LogP contribution in [-0.2, 0) is 4.79 Å². The van der Waals surface area contributed by atoms with Gasteiger partial charge in [0, 0.05) is 19.0 Å². The van der Waals surface area contributed by atoms with E-state index >= 15 is 0 Å². The van der Waals surface area contributed by atoms with Crippen molar-refractivity contribution in [3.63, 3.8) is 0 Å². The van der Waals surface area contributed by atoms with Crippen LogP contribution in [0.2, 0.25) is 0 Å². The molecule has 0 bridgehead atoms. The molecular weight excluding hydrogens is 188 g/mol. The first kappa shape index (κ1) is 12.7. The lowest BCUT2D eigenvalue weighted by atomic mass is 10.1. The SMILES string of the molecule is CC(C)C(=O)CN(C)CC1CCN(C)C1. The highest BCUT2D eigenvalue weighted by Gasteiger charge is 2.21. The zero-order valence-corrected chi connectivity index (χ0v) is 10.5. The summed E-state index contributed by atoms with van der Waals surface area (Å²) in [5, 5.41) is 0. The predicted octanol–water partition coefficient (Wildman–Crippen LogP) is 1.10. The lowest BCUT2D eigenvalue weighted by Gasteiger charge is -2.20. The Balaban J connectivity index is 2.24. The third kappa shape index (κ3) is 4.31. The maximum absolute atomic E-state index is 11.5. The molecule has 15 heavy (non-hydrogen) atoms. The van der Waals surface area contributed by atoms with Crippen LogP contribution in [0.4, 0.5) is 0 Å². The Morgan fingerprint density at radius 3 is 2.67 bits per heavy atom. The number of likely N-dealkylation sites (tertiary alicyclic amines) is 1. The van der Waals surface area contributed by atoms with Gasteiger partial charge in [-0.25, -0.2) is 0 Å². The molecule has 1 fully saturated rings. The van der Waals surface area contributed by atoms with Crippen molar-refractivity contribution >= 4 is 5.78 Å². The highest BCUT2D eigenvalue weighted by molar-refractivity contribution is 5.82. The molecule has 0 amide bonds. The topological polar surface area (TPSA) is 23.6 Å². The average Bonchev–Trinajstić information content (AvgIpc) is 2.50. The fourth-order valence-corrected chi connectivity index (χ4v) is 2.13. The second-order valence-corrected chi connectivity index (χ2v) is 5.23. The monoisotopic (exact) mass is 212 g/mol. The zero-order chi connectivity index (χ0) is 11.4. The molecule has 1 aliphatic heterocycles. The van der Waals surface area contributed by atoms with Gasteiger partial charge in [-0.3, -0.25) is 9.69 Å². The number of rotatable bonds is 5. The van der Waals surface area contributed by atoms with Crippen LogP contribution in [0.15, 0.2) is 0 Å². The normalized spacial score (nSPS) is 22.9. The first-order valence-corrected chi connectivity index (χ1v) is 5.89. The van der Waals surface area contributed by atoms with Gasteiger partial charge >= 0.3 is 0 Å². The molecule has 3 nitrogen and oxygen atoms in total. The van der Waals surface area contributed by atoms with Gasteiger partial charge in [0.15, 0.2) is 0 Å². The van der Waals surface area contributed by atoms with E-state index in [0.717, 1.165) is 12.5 Å². The molecule has 0 aromatic rings. The Kier molecular flexibility index (Phi) is 4.74. The molecule has 0 spiro atoms. The molecule has 1 heterocycles. The minimum absolute atomic E-state index is 0.165. The molecular formula is C12H24N2O. The standard InChI is InChI=1S/C12H24N2O/c1-10(2)12(15)9-14(4)8-11-5-6-13(3)7-11/h10-11H,5-9H2,1-4H3. The summed E-state index contributed by atoms with van der Waals surface area (Å²) in [6, 6.07) is 0. The average molecular weight is 212 g/mol. The number of hydrogen-bond donors (Lipinski definition) is 0. The Bertz CT molecular complexity index is 216. The Morgan fingerprint density at radius 2 is 2.20 bits per heavy atom. The largest absolute Gasteiger partial charge is 0.306 e. The van der Waals surface area contributed by atoms with Gasteiger partial charge < -0.3 is 4.90 Å². The van der Waals surface area contributed by atoms with Crippen LogP contribution in [-0.4, -0.2) is 55.9 Å². The van der Waals surface area contributed by atoms with Gasteiger partial charge in [0.1, 0.15) is 5.78 Å². The van der Waals surface area contributed by atoms with Crippen molar-refractivity contribution in [1.29, 1.82) is 0 Å². The molecule has 0 aromatic heterocycles. The zero-order valence-electron chi connectivity index (χ0n) is 10.5. The van der Waals surface area contributed by atoms with Crippen molar-refractivity contribution in [3.8, 4) is 0 Å². The summed E-state index contributed by atoms with van der Waals surface area (Å²) >= 11 is 0. The van der Waals surface area contributed by atoms with Crippen LogP contribution in [0.1, 0.15) is 20.3 Å². The van der Waals surface area contributed by atoms with E-state index in [0.29, 0.717) is 12.3 Å². The van der Waals surface area contributed by atoms with E-state index < -0.39 is 0 Å². The molecule has 88 valence electrons. The smallest absolute Gasteiger partial charge is 0.149 e. The number of nitrogens with zero attached hydrogens (tertiary/aromatic N) is 2. The number of likely N-dealkylation sites (N-methyl/N-ethyl adjacent to an activating group) is 1. The molecule has 1 rings (SSSR count). The first-order valence-electron chi connectivity index (χ1n) is 5.89. The quantitative estimate of drug-likeness (QED) is 0.682. The minimum atomic E-state index is 0.165. The summed E-state index contributed by atoms with van der Waals surface area (Å²) in [4.78, 5) is 16.1. The number of hydrogen-bond acceptors (Lipinski definition) is 3. The van der Waals surface area contributed by atoms with Gasteiger partial charge in [-0.05, 0) is 33.0 Å². The predicted molar refractivity (Wildman–Crippen MR) is 62.9 cm³/mol. The minimum Gasteiger partial charge on any atom is -0.306 e. The summed E-state index contributed by atoms with van der Waals surface area (Å²) in [6.45, 7) is 8.00. The molecule has 3 heteroatoms. The molecule has 0 aromatic carbocycles. The molecule has 0 N–H and O–H groups in total. The van der Waals surface area contributed by atoms with E-state index in [2.05, 4.69) is 23.9 Å². The Labute approximate surface area is 93.4 Å². The first-order chi connectivity index (χ1) is 6.99. The molecule has 1 atom stereocenters. The number of carbonyl (C=O) groups is 1. The maximum Gasteiger partial charge on any atom is 0.149 e. The number of Topliss-reactive ketones (excluding diaryl/α,β-unsaturated/α-hetero) is 1. The van der Waals surface area contributed by atoms with E-state index in [9.17, 15) is 4.79 Å². The molecule has 0 saturated carbocycles. The van der Waals surface area contributed by atoms with Gasteiger partial charge in [0.05, 0.1) is 6.54 Å². The second kappa shape index (κ2) is 5.61. The van der Waals surface area contributed by atoms with Crippen LogP contribution in [0.25, 0.3) is 0 Å². The van der Waals surface area contributed by atoms with Crippen molar-refractivity contribution in [2.24, 2.45) is 11.8 Å². The lowest BCUT2D eigenvalue weighted by Crippen LogP contribution is -2.33. The van der Waals surface area contributed by atoms with E-state index in [1.807, 2.05) is 13.8 Å². The van der Waals surface area contributed by atoms with Crippen LogP contribution in [0.5, 0.6) is 0 Å². The van der Waals surface area contributed by atoms with Gasteiger partial charge in [-0.15, -0.1) is 0 Å². The van der Waals surface area contributed by atoms with Crippen molar-refractivity contribution in [2.75, 3.05) is 40.3 Å². The highest BCUT2D eigenvalue weighted by Crippen LogP contribution is 2.15. The summed E-state index contributed by atoms with van der Waals surface area (Å²) in [5.41, 5.74) is 0. The van der Waals surface area contributed by atoms with Crippen molar-refractivity contribution in [1.82, 2.24) is 9.80 Å². The lowest BCUT2D eigenvalue weighted by molar-refractivity contribution is -0.122. The third-order valence-corrected chi connectivity index (χ3v) is 3.13. The maximum atomic E-state index is 11.5. The van der Waals surface area contributed by atoms with Gasteiger partial charge in [0.25, 0.3) is 0 Å². The third-order valence-electron chi connectivity index (χ3n) is 3.13. The van der Waals surface area contributed by atoms with E-state index in [1.54, 1.807) is 0 Å². The summed E-state index contributed by atoms with van der Waals surface area (Å²) in [6.07, 6.45) is 1.27.